The van der Waals surface area contributed by atoms with Gasteiger partial charge < -0.3 is 10.2 Å². The quantitative estimate of drug-likeness (QED) is 0.836. The molecule has 0 amide bonds. The molecule has 0 spiro atoms. The number of nitrogens with one attached hydrogen (secondary N) is 1. The third-order valence-electron chi connectivity index (χ3n) is 2.88. The smallest absolute Gasteiger partial charge is 0.0648 e. The molecular weight excluding hydrogens is 224 g/mol. The summed E-state index contributed by atoms with van der Waals surface area (Å²) in [5.74, 6) is 0. The molecule has 18 heavy (non-hydrogen) atoms. The van der Waals surface area contributed by atoms with Gasteiger partial charge in [0.1, 0.15) is 0 Å². The van der Waals surface area contributed by atoms with E-state index in [9.17, 15) is 0 Å². The van der Waals surface area contributed by atoms with Crippen LogP contribution in [0.3, 0.4) is 0 Å². The van der Waals surface area contributed by atoms with Crippen molar-refractivity contribution in [3.63, 3.8) is 0 Å². The molecule has 0 fully saturated rings. The van der Waals surface area contributed by atoms with E-state index in [1.165, 1.54) is 5.56 Å². The molecule has 4 heteroatoms. The molecule has 0 unspecified atom stereocenters. The average Bonchev–Trinajstić information content (AvgIpc) is 2.90. The van der Waals surface area contributed by atoms with Crippen LogP contribution in [0.15, 0.2) is 42.7 Å². The Hall–Kier alpha value is -1.65. The minimum atomic E-state index is 0.955. The Morgan fingerprint density at radius 3 is 2.94 bits per heavy atom. The highest BCUT2D eigenvalue weighted by Crippen LogP contribution is 2.10. The molecule has 1 N–H and O–H groups in total. The Balaban J connectivity index is 2.03. The Kier molecular flexibility index (Phi) is 4.50. The molecule has 1 heterocycles. The first kappa shape index (κ1) is 12.8. The van der Waals surface area contributed by atoms with Crippen molar-refractivity contribution in [2.75, 3.05) is 27.2 Å². The number of benzene rings is 1. The Bertz CT molecular complexity index is 464. The van der Waals surface area contributed by atoms with Crippen molar-refractivity contribution < 1.29 is 0 Å². The van der Waals surface area contributed by atoms with Gasteiger partial charge in [-0.2, -0.15) is 5.10 Å². The van der Waals surface area contributed by atoms with E-state index < -0.39 is 0 Å². The highest BCUT2D eigenvalue weighted by Gasteiger charge is 2.02. The molecule has 1 aromatic heterocycles. The second-order valence-corrected chi connectivity index (χ2v) is 4.46. The Labute approximate surface area is 108 Å². The van der Waals surface area contributed by atoms with Gasteiger partial charge in [-0.25, -0.2) is 4.68 Å². The van der Waals surface area contributed by atoms with Crippen molar-refractivity contribution in [2.45, 2.75) is 6.54 Å². The lowest BCUT2D eigenvalue weighted by atomic mass is 10.2. The SMILES string of the molecule is CNCCN(C)Cc1cccc(-n2cccn2)c1. The molecule has 0 saturated carbocycles. The second kappa shape index (κ2) is 6.33. The minimum absolute atomic E-state index is 0.955. The predicted octanol–water partition coefficient (Wildman–Crippen LogP) is 1.52. The first-order chi connectivity index (χ1) is 8.79. The first-order valence-electron chi connectivity index (χ1n) is 6.21. The van der Waals surface area contributed by atoms with Crippen LogP contribution in [-0.4, -0.2) is 41.9 Å². The van der Waals surface area contributed by atoms with Crippen molar-refractivity contribution in [2.24, 2.45) is 0 Å². The topological polar surface area (TPSA) is 33.1 Å². The monoisotopic (exact) mass is 244 g/mol. The van der Waals surface area contributed by atoms with Crippen LogP contribution in [0.4, 0.5) is 0 Å². The maximum Gasteiger partial charge on any atom is 0.0648 e. The summed E-state index contributed by atoms with van der Waals surface area (Å²) in [6.45, 7) is 3.01. The van der Waals surface area contributed by atoms with Crippen LogP contribution in [0.2, 0.25) is 0 Å². The van der Waals surface area contributed by atoms with Gasteiger partial charge in [0.15, 0.2) is 0 Å². The molecule has 0 bridgehead atoms. The summed E-state index contributed by atoms with van der Waals surface area (Å²) in [5.41, 5.74) is 2.42. The summed E-state index contributed by atoms with van der Waals surface area (Å²) >= 11 is 0. The van der Waals surface area contributed by atoms with E-state index in [-0.39, 0.29) is 0 Å². The summed E-state index contributed by atoms with van der Waals surface area (Å²) in [4.78, 5) is 2.30. The molecule has 0 aliphatic heterocycles. The molecule has 0 saturated heterocycles. The molecule has 0 radical (unpaired) electrons. The zero-order valence-electron chi connectivity index (χ0n) is 11.0. The van der Waals surface area contributed by atoms with Gasteiger partial charge in [-0.05, 0) is 37.9 Å². The normalized spacial score (nSPS) is 11.1. The number of hydrogen-bond acceptors (Lipinski definition) is 3. The molecule has 0 atom stereocenters. The number of nitrogens with zero attached hydrogens (tertiary/aromatic N) is 3. The van der Waals surface area contributed by atoms with Gasteiger partial charge in [-0.1, -0.05) is 12.1 Å². The van der Waals surface area contributed by atoms with E-state index in [0.717, 1.165) is 25.3 Å². The largest absolute Gasteiger partial charge is 0.318 e. The van der Waals surface area contributed by atoms with Crippen molar-refractivity contribution in [3.05, 3.63) is 48.3 Å². The van der Waals surface area contributed by atoms with E-state index in [1.807, 2.05) is 24.0 Å². The number of rotatable bonds is 6. The number of likely N-dealkylation sites (N-methyl/N-ethyl adjacent to an activating group) is 2. The molecule has 0 aliphatic rings. The molecule has 96 valence electrons. The van der Waals surface area contributed by atoms with Crippen molar-refractivity contribution in [1.82, 2.24) is 20.0 Å². The van der Waals surface area contributed by atoms with E-state index in [1.54, 1.807) is 6.20 Å². The van der Waals surface area contributed by atoms with Gasteiger partial charge in [-0.3, -0.25) is 0 Å². The fraction of sp³-hybridized carbons (Fsp3) is 0.357. The molecule has 2 aromatic rings. The first-order valence-corrected chi connectivity index (χ1v) is 6.21. The lowest BCUT2D eigenvalue weighted by Crippen LogP contribution is -2.26. The fourth-order valence-corrected chi connectivity index (χ4v) is 1.91. The van der Waals surface area contributed by atoms with E-state index in [0.29, 0.717) is 0 Å². The van der Waals surface area contributed by atoms with E-state index >= 15 is 0 Å². The van der Waals surface area contributed by atoms with Crippen molar-refractivity contribution >= 4 is 0 Å². The highest BCUT2D eigenvalue weighted by molar-refractivity contribution is 5.34. The van der Waals surface area contributed by atoms with Gasteiger partial charge in [0, 0.05) is 32.0 Å². The van der Waals surface area contributed by atoms with E-state index in [4.69, 9.17) is 0 Å². The standard InChI is InChI=1S/C14H20N4/c1-15-8-10-17(2)12-13-5-3-6-14(11-13)18-9-4-7-16-18/h3-7,9,11,15H,8,10,12H2,1-2H3. The van der Waals surface area contributed by atoms with Crippen molar-refractivity contribution in [1.29, 1.82) is 0 Å². The summed E-state index contributed by atoms with van der Waals surface area (Å²) in [6, 6.07) is 10.4. The average molecular weight is 244 g/mol. The maximum atomic E-state index is 4.25. The summed E-state index contributed by atoms with van der Waals surface area (Å²) in [7, 11) is 4.12. The van der Waals surface area contributed by atoms with Gasteiger partial charge in [-0.15, -0.1) is 0 Å². The second-order valence-electron chi connectivity index (χ2n) is 4.46. The van der Waals surface area contributed by atoms with Gasteiger partial charge in [0.05, 0.1) is 5.69 Å². The van der Waals surface area contributed by atoms with E-state index in [2.05, 4.69) is 46.6 Å². The molecular formula is C14H20N4. The summed E-state index contributed by atoms with van der Waals surface area (Å²) in [6.07, 6.45) is 3.76. The van der Waals surface area contributed by atoms with Gasteiger partial charge in [0.25, 0.3) is 0 Å². The molecule has 0 aliphatic carbocycles. The lowest BCUT2D eigenvalue weighted by molar-refractivity contribution is 0.328. The maximum absolute atomic E-state index is 4.25. The van der Waals surface area contributed by atoms with Gasteiger partial charge in [0.2, 0.25) is 0 Å². The zero-order chi connectivity index (χ0) is 12.8. The third-order valence-corrected chi connectivity index (χ3v) is 2.88. The van der Waals surface area contributed by atoms with Crippen LogP contribution in [-0.2, 0) is 6.54 Å². The fourth-order valence-electron chi connectivity index (χ4n) is 1.91. The minimum Gasteiger partial charge on any atom is -0.318 e. The molecule has 1 aromatic carbocycles. The third kappa shape index (κ3) is 3.42. The van der Waals surface area contributed by atoms with Crippen LogP contribution in [0.25, 0.3) is 5.69 Å². The predicted molar refractivity (Wildman–Crippen MR) is 73.8 cm³/mol. The van der Waals surface area contributed by atoms with Crippen LogP contribution < -0.4 is 5.32 Å². The Morgan fingerprint density at radius 2 is 2.22 bits per heavy atom. The highest BCUT2D eigenvalue weighted by atomic mass is 15.3. The van der Waals surface area contributed by atoms with Crippen molar-refractivity contribution in [3.8, 4) is 5.69 Å². The van der Waals surface area contributed by atoms with Crippen LogP contribution in [0.5, 0.6) is 0 Å². The molecule has 4 nitrogen and oxygen atoms in total. The van der Waals surface area contributed by atoms with Gasteiger partial charge >= 0.3 is 0 Å². The van der Waals surface area contributed by atoms with Crippen LogP contribution >= 0.6 is 0 Å². The Morgan fingerprint density at radius 1 is 1.33 bits per heavy atom. The lowest BCUT2D eigenvalue weighted by Gasteiger charge is -2.16. The summed E-state index contributed by atoms with van der Waals surface area (Å²) in [5, 5.41) is 7.41. The zero-order valence-corrected chi connectivity index (χ0v) is 11.0. The van der Waals surface area contributed by atoms with Crippen LogP contribution in [0.1, 0.15) is 5.56 Å². The summed E-state index contributed by atoms with van der Waals surface area (Å²) < 4.78 is 1.89. The molecule has 2 rings (SSSR count). The number of aromatic nitrogens is 2. The number of hydrogen-bond donors (Lipinski definition) is 1. The van der Waals surface area contributed by atoms with Crippen LogP contribution in [0, 0.1) is 0 Å².